The van der Waals surface area contributed by atoms with E-state index in [0.29, 0.717) is 25.7 Å². The van der Waals surface area contributed by atoms with Crippen LogP contribution >= 0.6 is 0 Å². The van der Waals surface area contributed by atoms with E-state index in [9.17, 15) is 34.5 Å². The molecule has 6 atom stereocenters. The van der Waals surface area contributed by atoms with Gasteiger partial charge in [0.25, 0.3) is 0 Å². The van der Waals surface area contributed by atoms with Crippen molar-refractivity contribution >= 4 is 23.9 Å². The Morgan fingerprint density at radius 2 is 0.890 bits per heavy atom. The highest BCUT2D eigenvalue weighted by atomic mass is 16.7. The summed E-state index contributed by atoms with van der Waals surface area (Å²) < 4.78 is 28.2. The van der Waals surface area contributed by atoms with Crippen LogP contribution in [0.1, 0.15) is 201 Å². The molecule has 6 unspecified atom stereocenters. The zero-order valence-corrected chi connectivity index (χ0v) is 45.1. The molecule has 1 aliphatic rings. The molecule has 0 aliphatic carbocycles. The second-order valence-electron chi connectivity index (χ2n) is 18.5. The van der Waals surface area contributed by atoms with Gasteiger partial charge in [-0.25, -0.2) is 4.79 Å². The summed E-state index contributed by atoms with van der Waals surface area (Å²) in [6, 6.07) is 0. The number of aliphatic hydroxyl groups excluding tert-OH is 2. The number of hydrogen-bond donors (Lipinski definition) is 3. The molecule has 0 aromatic rings. The molecule has 3 N–H and O–H groups in total. The Kier molecular flexibility index (Phi) is 44.0. The maximum Gasteiger partial charge on any atom is 0.335 e. The molecule has 12 nitrogen and oxygen atoms in total. The van der Waals surface area contributed by atoms with E-state index < -0.39 is 67.3 Å². The van der Waals surface area contributed by atoms with Gasteiger partial charge in [0, 0.05) is 19.3 Å². The van der Waals surface area contributed by atoms with Crippen molar-refractivity contribution in [2.45, 2.75) is 237 Å². The predicted octanol–water partition coefficient (Wildman–Crippen LogP) is 13.9. The Morgan fingerprint density at radius 3 is 1.36 bits per heavy atom. The Labute approximate surface area is 440 Å². The van der Waals surface area contributed by atoms with Crippen LogP contribution in [0.3, 0.4) is 0 Å². The van der Waals surface area contributed by atoms with Gasteiger partial charge in [0.2, 0.25) is 0 Å². The van der Waals surface area contributed by atoms with E-state index in [1.165, 1.54) is 57.8 Å². The molecule has 0 amide bonds. The van der Waals surface area contributed by atoms with Crippen LogP contribution in [0.25, 0.3) is 0 Å². The van der Waals surface area contributed by atoms with Crippen molar-refractivity contribution in [2.24, 2.45) is 0 Å². The number of ether oxygens (including phenoxy) is 5. The summed E-state index contributed by atoms with van der Waals surface area (Å²) >= 11 is 0. The molecule has 12 heteroatoms. The van der Waals surface area contributed by atoms with Crippen LogP contribution in [0, 0.1) is 0 Å². The van der Waals surface area contributed by atoms with Crippen molar-refractivity contribution in [2.75, 3.05) is 13.2 Å². The summed E-state index contributed by atoms with van der Waals surface area (Å²) in [7, 11) is 0. The zero-order valence-electron chi connectivity index (χ0n) is 45.1. The van der Waals surface area contributed by atoms with Crippen LogP contribution < -0.4 is 0 Å². The van der Waals surface area contributed by atoms with Crippen LogP contribution in [0.2, 0.25) is 0 Å². The molecule has 1 heterocycles. The van der Waals surface area contributed by atoms with E-state index in [-0.39, 0.29) is 25.9 Å². The van der Waals surface area contributed by atoms with Gasteiger partial charge in [-0.3, -0.25) is 14.4 Å². The number of carbonyl (C=O) groups is 4. The smallest absolute Gasteiger partial charge is 0.335 e. The topological polar surface area (TPSA) is 175 Å². The average molecular weight is 1020 g/mol. The average Bonchev–Trinajstić information content (AvgIpc) is 3.37. The first kappa shape index (κ1) is 66.4. The van der Waals surface area contributed by atoms with Gasteiger partial charge in [-0.1, -0.05) is 207 Å². The minimum atomic E-state index is -1.93. The van der Waals surface area contributed by atoms with E-state index in [0.717, 1.165) is 77.0 Å². The fraction of sp³-hybridized carbons (Fsp3) is 0.639. The largest absolute Gasteiger partial charge is 0.479 e. The molecule has 412 valence electrons. The van der Waals surface area contributed by atoms with Crippen molar-refractivity contribution in [1.29, 1.82) is 0 Å². The minimum absolute atomic E-state index is 0.0288. The number of unbranched alkanes of at least 4 members (excludes halogenated alkanes) is 13. The summed E-state index contributed by atoms with van der Waals surface area (Å²) in [6.45, 7) is 5.65. The number of carbonyl (C=O) groups excluding carboxylic acids is 3. The van der Waals surface area contributed by atoms with Crippen molar-refractivity contribution in [3.05, 3.63) is 109 Å². The van der Waals surface area contributed by atoms with Crippen molar-refractivity contribution < 1.29 is 58.2 Å². The molecule has 1 saturated heterocycles. The summed E-state index contributed by atoms with van der Waals surface area (Å²) in [6.07, 6.45) is 52.3. The minimum Gasteiger partial charge on any atom is -0.479 e. The second kappa shape index (κ2) is 48.3. The monoisotopic (exact) mass is 1020 g/mol. The zero-order chi connectivity index (χ0) is 53.3. The van der Waals surface area contributed by atoms with Crippen molar-refractivity contribution in [3.63, 3.8) is 0 Å². The maximum absolute atomic E-state index is 13.1. The number of hydrogen-bond acceptors (Lipinski definition) is 11. The summed E-state index contributed by atoms with van der Waals surface area (Å²) in [5, 5.41) is 31.4. The quantitative estimate of drug-likeness (QED) is 0.0228. The summed E-state index contributed by atoms with van der Waals surface area (Å²) in [5.74, 6) is -3.32. The van der Waals surface area contributed by atoms with E-state index in [1.54, 1.807) is 0 Å². The SMILES string of the molecule is CC/C=C\C/C=C\C/C=C\C/C=C\C/C=C\CCCC(=O)OC1C(OCC(COC(=O)CC/C=C\C/C=C\C/C=C\C/C=C\CC)OC(=O)CCCCCCCCCCCCCCC)OC(C(=O)O)C(O)C1O. The first-order valence-corrected chi connectivity index (χ1v) is 27.9. The highest BCUT2D eigenvalue weighted by Crippen LogP contribution is 2.26. The van der Waals surface area contributed by atoms with E-state index in [2.05, 4.69) is 106 Å². The van der Waals surface area contributed by atoms with E-state index in [4.69, 9.17) is 23.7 Å². The Bertz CT molecular complexity index is 1690. The molecule has 0 radical (unpaired) electrons. The number of carboxylic acids is 1. The van der Waals surface area contributed by atoms with Crippen LogP contribution in [0.4, 0.5) is 0 Å². The van der Waals surface area contributed by atoms with Gasteiger partial charge >= 0.3 is 23.9 Å². The fourth-order valence-corrected chi connectivity index (χ4v) is 7.65. The molecule has 0 spiro atoms. The Balaban J connectivity index is 2.79. The number of esters is 3. The normalized spacial score (nSPS) is 19.2. The number of aliphatic carboxylic acids is 1. The fourth-order valence-electron chi connectivity index (χ4n) is 7.65. The molecular weight excluding hydrogens is 925 g/mol. The van der Waals surface area contributed by atoms with E-state index >= 15 is 0 Å². The molecular formula is C61H96O12. The van der Waals surface area contributed by atoms with Crippen LogP contribution in [-0.2, 0) is 42.9 Å². The lowest BCUT2D eigenvalue weighted by Gasteiger charge is -2.40. The van der Waals surface area contributed by atoms with Crippen LogP contribution in [0.5, 0.6) is 0 Å². The van der Waals surface area contributed by atoms with E-state index in [1.807, 2.05) is 24.3 Å². The first-order chi connectivity index (χ1) is 35.6. The predicted molar refractivity (Wildman–Crippen MR) is 294 cm³/mol. The van der Waals surface area contributed by atoms with Gasteiger partial charge < -0.3 is 39.0 Å². The molecule has 1 fully saturated rings. The van der Waals surface area contributed by atoms with Gasteiger partial charge in [0.15, 0.2) is 24.6 Å². The Morgan fingerprint density at radius 1 is 0.466 bits per heavy atom. The Hall–Kier alpha value is -4.62. The van der Waals surface area contributed by atoms with Gasteiger partial charge in [-0.2, -0.15) is 0 Å². The van der Waals surface area contributed by atoms with Crippen LogP contribution in [0.15, 0.2) is 109 Å². The maximum atomic E-state index is 13.1. The third-order valence-corrected chi connectivity index (χ3v) is 11.9. The molecule has 0 aromatic carbocycles. The molecule has 0 bridgehead atoms. The standard InChI is InChI=1S/C61H96O12/c1-4-7-10-13-16-19-22-25-26-27-28-31-34-37-40-43-46-49-55(64)72-59-57(66)56(65)58(60(67)68)73-61(59)70-51-52(71-54(63)48-45-42-39-36-33-30-24-21-18-15-12-9-6-3)50-69-53(62)47-44-41-38-35-32-29-23-20-17-14-11-8-5-2/h7-8,10-11,16-17,19-20,25-26,28-29,31-32,37-38,40-41,52,56-59,61,65-66H,4-6,9,12-15,18,21-24,27,30,33-36,39,42-51H2,1-3H3,(H,67,68)/b10-7-,11-8-,19-16-,20-17-,26-25-,31-28-,32-29-,40-37-,41-38-. The summed E-state index contributed by atoms with van der Waals surface area (Å²) in [4.78, 5) is 50.9. The lowest BCUT2D eigenvalue weighted by molar-refractivity contribution is -0.301. The number of allylic oxidation sites excluding steroid dienone is 18. The molecule has 1 aliphatic heterocycles. The van der Waals surface area contributed by atoms with Gasteiger partial charge in [0.05, 0.1) is 6.61 Å². The third-order valence-electron chi connectivity index (χ3n) is 11.9. The number of rotatable bonds is 45. The lowest BCUT2D eigenvalue weighted by atomic mass is 9.98. The van der Waals surface area contributed by atoms with Gasteiger partial charge in [0.1, 0.15) is 18.8 Å². The second-order valence-corrected chi connectivity index (χ2v) is 18.5. The van der Waals surface area contributed by atoms with Crippen molar-refractivity contribution in [1.82, 2.24) is 0 Å². The van der Waals surface area contributed by atoms with Crippen LogP contribution in [-0.4, -0.2) is 89.2 Å². The third kappa shape index (κ3) is 38.6. The number of aliphatic hydroxyl groups is 2. The van der Waals surface area contributed by atoms with Crippen molar-refractivity contribution in [3.8, 4) is 0 Å². The summed E-state index contributed by atoms with van der Waals surface area (Å²) in [5.41, 5.74) is 0. The molecule has 1 rings (SSSR count). The van der Waals surface area contributed by atoms with Gasteiger partial charge in [-0.15, -0.1) is 0 Å². The highest BCUT2D eigenvalue weighted by molar-refractivity contribution is 5.74. The molecule has 73 heavy (non-hydrogen) atoms. The highest BCUT2D eigenvalue weighted by Gasteiger charge is 2.50. The molecule has 0 saturated carbocycles. The first-order valence-electron chi connectivity index (χ1n) is 27.9. The lowest BCUT2D eigenvalue weighted by Crippen LogP contribution is -2.61. The molecule has 0 aromatic heterocycles. The number of carboxylic acid groups (broad SMARTS) is 1. The van der Waals surface area contributed by atoms with Gasteiger partial charge in [-0.05, 0) is 83.5 Å².